The Kier molecular flexibility index (Phi) is 3.19. The lowest BCUT2D eigenvalue weighted by molar-refractivity contribution is 0.307. The average molecular weight is 211 g/mol. The highest BCUT2D eigenvalue weighted by molar-refractivity contribution is 5.01. The summed E-state index contributed by atoms with van der Waals surface area (Å²) < 4.78 is 5.19. The summed E-state index contributed by atoms with van der Waals surface area (Å²) in [5.74, 6) is 1.27. The molecule has 0 fully saturated rings. The third kappa shape index (κ3) is 3.30. The van der Waals surface area contributed by atoms with Crippen molar-refractivity contribution in [1.82, 2.24) is 10.1 Å². The molecule has 2 N–H and O–H groups in total. The zero-order valence-electron chi connectivity index (χ0n) is 10.3. The summed E-state index contributed by atoms with van der Waals surface area (Å²) in [4.78, 5) is 4.34. The van der Waals surface area contributed by atoms with E-state index >= 15 is 0 Å². The van der Waals surface area contributed by atoms with Crippen LogP contribution in [0.3, 0.4) is 0 Å². The Morgan fingerprint density at radius 2 is 1.87 bits per heavy atom. The van der Waals surface area contributed by atoms with Crippen LogP contribution in [-0.4, -0.2) is 10.1 Å². The third-order valence-corrected chi connectivity index (χ3v) is 2.39. The van der Waals surface area contributed by atoms with Crippen molar-refractivity contribution in [3.05, 3.63) is 11.7 Å². The molecule has 0 saturated heterocycles. The number of rotatable bonds is 3. The molecule has 0 bridgehead atoms. The molecule has 1 unspecified atom stereocenters. The fraction of sp³-hybridized carbons (Fsp3) is 0.818. The van der Waals surface area contributed by atoms with Gasteiger partial charge in [-0.2, -0.15) is 4.98 Å². The minimum absolute atomic E-state index is 0.154. The first-order chi connectivity index (χ1) is 6.74. The average Bonchev–Trinajstić information content (AvgIpc) is 2.50. The van der Waals surface area contributed by atoms with Crippen molar-refractivity contribution in [3.63, 3.8) is 0 Å². The van der Waals surface area contributed by atoms with Crippen molar-refractivity contribution in [2.75, 3.05) is 0 Å². The van der Waals surface area contributed by atoms with Crippen molar-refractivity contribution in [2.45, 2.75) is 53.0 Å². The molecule has 0 amide bonds. The molecule has 0 spiro atoms. The topological polar surface area (TPSA) is 64.9 Å². The summed E-state index contributed by atoms with van der Waals surface area (Å²) in [7, 11) is 0. The summed E-state index contributed by atoms with van der Waals surface area (Å²) >= 11 is 0. The fourth-order valence-corrected chi connectivity index (χ4v) is 1.17. The van der Waals surface area contributed by atoms with Crippen LogP contribution in [0.15, 0.2) is 4.52 Å². The van der Waals surface area contributed by atoms with Gasteiger partial charge in [-0.15, -0.1) is 0 Å². The monoisotopic (exact) mass is 211 g/mol. The van der Waals surface area contributed by atoms with Crippen LogP contribution in [0, 0.1) is 5.41 Å². The largest absolute Gasteiger partial charge is 0.339 e. The highest BCUT2D eigenvalue weighted by Gasteiger charge is 2.26. The molecule has 0 aliphatic carbocycles. The second kappa shape index (κ2) is 3.93. The molecule has 1 heterocycles. The van der Waals surface area contributed by atoms with E-state index in [4.69, 9.17) is 10.3 Å². The maximum absolute atomic E-state index is 6.03. The molecule has 1 aromatic heterocycles. The van der Waals surface area contributed by atoms with Gasteiger partial charge in [0, 0.05) is 6.42 Å². The molecule has 1 atom stereocenters. The molecule has 15 heavy (non-hydrogen) atoms. The number of hydrogen-bond acceptors (Lipinski definition) is 4. The van der Waals surface area contributed by atoms with E-state index in [1.165, 1.54) is 0 Å². The van der Waals surface area contributed by atoms with Gasteiger partial charge >= 0.3 is 0 Å². The van der Waals surface area contributed by atoms with Crippen molar-refractivity contribution in [2.24, 2.45) is 11.1 Å². The van der Waals surface area contributed by atoms with E-state index < -0.39 is 5.54 Å². The molecule has 0 aliphatic rings. The van der Waals surface area contributed by atoms with Gasteiger partial charge in [0.1, 0.15) is 0 Å². The minimum Gasteiger partial charge on any atom is -0.339 e. The summed E-state index contributed by atoms with van der Waals surface area (Å²) in [6.45, 7) is 10.3. The second-order valence-electron chi connectivity index (χ2n) is 5.52. The van der Waals surface area contributed by atoms with Crippen LogP contribution in [0.1, 0.15) is 52.8 Å². The van der Waals surface area contributed by atoms with E-state index in [2.05, 4.69) is 30.9 Å². The first kappa shape index (κ1) is 12.2. The van der Waals surface area contributed by atoms with E-state index in [0.717, 1.165) is 12.8 Å². The molecule has 4 heteroatoms. The van der Waals surface area contributed by atoms with Gasteiger partial charge in [0.2, 0.25) is 5.89 Å². The Hall–Kier alpha value is -0.900. The van der Waals surface area contributed by atoms with Gasteiger partial charge in [0.25, 0.3) is 0 Å². The van der Waals surface area contributed by atoms with Gasteiger partial charge in [-0.05, 0) is 18.8 Å². The molecule has 0 aromatic carbocycles. The zero-order chi connectivity index (χ0) is 11.7. The van der Waals surface area contributed by atoms with Gasteiger partial charge < -0.3 is 10.3 Å². The Labute approximate surface area is 91.2 Å². The molecule has 0 aliphatic heterocycles. The predicted molar refractivity (Wildman–Crippen MR) is 59.3 cm³/mol. The lowest BCUT2D eigenvalue weighted by Gasteiger charge is -2.17. The van der Waals surface area contributed by atoms with E-state index in [9.17, 15) is 0 Å². The van der Waals surface area contributed by atoms with Crippen LogP contribution in [0.4, 0.5) is 0 Å². The summed E-state index contributed by atoms with van der Waals surface area (Å²) in [5, 5.41) is 3.93. The van der Waals surface area contributed by atoms with E-state index in [0.29, 0.717) is 11.7 Å². The summed E-state index contributed by atoms with van der Waals surface area (Å²) in [6, 6.07) is 0. The van der Waals surface area contributed by atoms with E-state index in [-0.39, 0.29) is 5.41 Å². The number of aromatic nitrogens is 2. The van der Waals surface area contributed by atoms with Crippen LogP contribution in [0.5, 0.6) is 0 Å². The molecule has 1 aromatic rings. The van der Waals surface area contributed by atoms with Gasteiger partial charge in [-0.3, -0.25) is 0 Å². The van der Waals surface area contributed by atoms with Crippen molar-refractivity contribution in [1.29, 1.82) is 0 Å². The first-order valence-electron chi connectivity index (χ1n) is 5.36. The highest BCUT2D eigenvalue weighted by Crippen LogP contribution is 2.22. The Morgan fingerprint density at radius 3 is 2.33 bits per heavy atom. The number of nitrogens with zero attached hydrogens (tertiary/aromatic N) is 2. The summed E-state index contributed by atoms with van der Waals surface area (Å²) in [6.07, 6.45) is 1.57. The standard InChI is InChI=1S/C11H21N3O/c1-6-11(5,12)9-13-8(15-14-9)7-10(2,3)4/h6-7,12H2,1-5H3. The molecule has 4 nitrogen and oxygen atoms in total. The molecule has 86 valence electrons. The van der Waals surface area contributed by atoms with E-state index in [1.807, 2.05) is 13.8 Å². The van der Waals surface area contributed by atoms with Crippen molar-refractivity contribution < 1.29 is 4.52 Å². The molecule has 0 saturated carbocycles. The molecule has 0 radical (unpaired) electrons. The quantitative estimate of drug-likeness (QED) is 0.832. The van der Waals surface area contributed by atoms with Crippen LogP contribution >= 0.6 is 0 Å². The van der Waals surface area contributed by atoms with Gasteiger partial charge in [-0.1, -0.05) is 32.9 Å². The summed E-state index contributed by atoms with van der Waals surface area (Å²) in [5.41, 5.74) is 5.70. The minimum atomic E-state index is -0.486. The fourth-order valence-electron chi connectivity index (χ4n) is 1.17. The van der Waals surface area contributed by atoms with Crippen LogP contribution < -0.4 is 5.73 Å². The maximum Gasteiger partial charge on any atom is 0.227 e. The molecule has 1 rings (SSSR count). The number of hydrogen-bond donors (Lipinski definition) is 1. The van der Waals surface area contributed by atoms with E-state index in [1.54, 1.807) is 0 Å². The van der Waals surface area contributed by atoms with Crippen molar-refractivity contribution >= 4 is 0 Å². The number of nitrogens with two attached hydrogens (primary N) is 1. The molecular weight excluding hydrogens is 190 g/mol. The lowest BCUT2D eigenvalue weighted by Crippen LogP contribution is -2.33. The van der Waals surface area contributed by atoms with Crippen LogP contribution in [0.2, 0.25) is 0 Å². The van der Waals surface area contributed by atoms with Crippen LogP contribution in [0.25, 0.3) is 0 Å². The Bertz CT molecular complexity index is 323. The highest BCUT2D eigenvalue weighted by atomic mass is 16.5. The third-order valence-electron chi connectivity index (χ3n) is 2.39. The maximum atomic E-state index is 6.03. The van der Waals surface area contributed by atoms with Gasteiger partial charge in [0.15, 0.2) is 5.82 Å². The zero-order valence-corrected chi connectivity index (χ0v) is 10.3. The van der Waals surface area contributed by atoms with Crippen LogP contribution in [-0.2, 0) is 12.0 Å². The predicted octanol–water partition coefficient (Wildman–Crippen LogP) is 2.24. The normalized spacial score (nSPS) is 16.4. The Balaban J connectivity index is 2.81. The second-order valence-corrected chi connectivity index (χ2v) is 5.52. The smallest absolute Gasteiger partial charge is 0.227 e. The SMILES string of the molecule is CCC(C)(N)c1noc(CC(C)(C)C)n1. The van der Waals surface area contributed by atoms with Gasteiger partial charge in [-0.25, -0.2) is 0 Å². The lowest BCUT2D eigenvalue weighted by atomic mass is 9.92. The Morgan fingerprint density at radius 1 is 1.27 bits per heavy atom. The van der Waals surface area contributed by atoms with Gasteiger partial charge in [0.05, 0.1) is 5.54 Å². The molecular formula is C11H21N3O. The first-order valence-corrected chi connectivity index (χ1v) is 5.36. The van der Waals surface area contributed by atoms with Crippen molar-refractivity contribution in [3.8, 4) is 0 Å².